The number of carboxylic acids is 1. The monoisotopic (exact) mass is 292 g/mol. The van der Waals surface area contributed by atoms with E-state index >= 15 is 0 Å². The Morgan fingerprint density at radius 3 is 2.57 bits per heavy atom. The number of aliphatic hydroxyl groups is 1. The van der Waals surface area contributed by atoms with Crippen LogP contribution in [0.25, 0.3) is 0 Å². The lowest BCUT2D eigenvalue weighted by Crippen LogP contribution is -2.36. The van der Waals surface area contributed by atoms with E-state index in [9.17, 15) is 9.59 Å². The molecule has 114 valence electrons. The number of nitrogens with zero attached hydrogens (tertiary/aromatic N) is 2. The third-order valence-corrected chi connectivity index (χ3v) is 3.65. The third-order valence-electron chi connectivity index (χ3n) is 3.65. The molecule has 1 amide bonds. The fourth-order valence-electron chi connectivity index (χ4n) is 2.51. The van der Waals surface area contributed by atoms with E-state index < -0.39 is 5.97 Å². The van der Waals surface area contributed by atoms with Crippen LogP contribution in [-0.2, 0) is 0 Å². The number of rotatable bonds is 4. The number of benzene rings is 1. The quantitative estimate of drug-likeness (QED) is 0.846. The normalized spacial score (nSPS) is 16.5. The van der Waals surface area contributed by atoms with Crippen LogP contribution in [0.5, 0.6) is 0 Å². The van der Waals surface area contributed by atoms with Gasteiger partial charge in [0.05, 0.1) is 12.2 Å². The number of β-amino-alcohol motifs (C(OH)–C–C–N with tert-alkyl or cyclic N) is 1. The van der Waals surface area contributed by atoms with Crippen LogP contribution in [0.4, 0.5) is 0 Å². The lowest BCUT2D eigenvalue weighted by atomic mass is 10.1. The average Bonchev–Trinajstić information content (AvgIpc) is 2.73. The Morgan fingerprint density at radius 1 is 1.10 bits per heavy atom. The third kappa shape index (κ3) is 4.03. The van der Waals surface area contributed by atoms with Crippen LogP contribution in [-0.4, -0.2) is 71.2 Å². The highest BCUT2D eigenvalue weighted by Gasteiger charge is 2.20. The highest BCUT2D eigenvalue weighted by atomic mass is 16.4. The molecule has 0 unspecified atom stereocenters. The molecule has 1 heterocycles. The van der Waals surface area contributed by atoms with Crippen molar-refractivity contribution in [1.82, 2.24) is 9.80 Å². The van der Waals surface area contributed by atoms with Crippen LogP contribution in [0.15, 0.2) is 24.3 Å². The summed E-state index contributed by atoms with van der Waals surface area (Å²) in [6, 6.07) is 6.13. The first-order chi connectivity index (χ1) is 10.1. The van der Waals surface area contributed by atoms with E-state index in [1.807, 2.05) is 0 Å². The van der Waals surface area contributed by atoms with E-state index in [2.05, 4.69) is 4.90 Å². The zero-order valence-corrected chi connectivity index (χ0v) is 11.9. The Kier molecular flexibility index (Phi) is 5.30. The van der Waals surface area contributed by atoms with Gasteiger partial charge in [-0.15, -0.1) is 0 Å². The highest BCUT2D eigenvalue weighted by Crippen LogP contribution is 2.11. The van der Waals surface area contributed by atoms with Gasteiger partial charge in [-0.25, -0.2) is 4.79 Å². The van der Waals surface area contributed by atoms with Crippen molar-refractivity contribution in [3.63, 3.8) is 0 Å². The molecule has 0 spiro atoms. The largest absolute Gasteiger partial charge is 0.478 e. The van der Waals surface area contributed by atoms with Crippen molar-refractivity contribution in [3.05, 3.63) is 35.4 Å². The molecule has 1 saturated heterocycles. The number of hydrogen-bond donors (Lipinski definition) is 2. The summed E-state index contributed by atoms with van der Waals surface area (Å²) in [5.74, 6) is -1.17. The first-order valence-electron chi connectivity index (χ1n) is 7.07. The van der Waals surface area contributed by atoms with Gasteiger partial charge >= 0.3 is 5.97 Å². The predicted octanol–water partition coefficient (Wildman–Crippen LogP) is 0.525. The molecule has 0 bridgehead atoms. The first kappa shape index (κ1) is 15.5. The summed E-state index contributed by atoms with van der Waals surface area (Å²) in [4.78, 5) is 27.3. The topological polar surface area (TPSA) is 81.1 Å². The molecule has 1 aromatic carbocycles. The number of carbonyl (C=O) groups is 2. The van der Waals surface area contributed by atoms with E-state index in [1.165, 1.54) is 12.1 Å². The minimum absolute atomic E-state index is 0.120. The minimum Gasteiger partial charge on any atom is -0.478 e. The van der Waals surface area contributed by atoms with E-state index in [-0.39, 0.29) is 18.1 Å². The average molecular weight is 292 g/mol. The van der Waals surface area contributed by atoms with Crippen LogP contribution >= 0.6 is 0 Å². The molecule has 0 saturated carbocycles. The van der Waals surface area contributed by atoms with Crippen molar-refractivity contribution in [2.24, 2.45) is 0 Å². The molecule has 2 rings (SSSR count). The van der Waals surface area contributed by atoms with E-state index in [0.29, 0.717) is 25.2 Å². The lowest BCUT2D eigenvalue weighted by molar-refractivity contribution is 0.0697. The van der Waals surface area contributed by atoms with E-state index in [1.54, 1.807) is 17.0 Å². The summed E-state index contributed by atoms with van der Waals surface area (Å²) >= 11 is 0. The van der Waals surface area contributed by atoms with Crippen molar-refractivity contribution in [2.45, 2.75) is 6.42 Å². The first-order valence-corrected chi connectivity index (χ1v) is 7.07. The van der Waals surface area contributed by atoms with E-state index in [0.717, 1.165) is 19.5 Å². The van der Waals surface area contributed by atoms with Gasteiger partial charge in [-0.05, 0) is 31.2 Å². The fraction of sp³-hybridized carbons (Fsp3) is 0.467. The predicted molar refractivity (Wildman–Crippen MR) is 77.4 cm³/mol. The molecule has 6 heteroatoms. The van der Waals surface area contributed by atoms with Crippen LogP contribution in [0.1, 0.15) is 27.1 Å². The van der Waals surface area contributed by atoms with Gasteiger partial charge in [-0.2, -0.15) is 0 Å². The van der Waals surface area contributed by atoms with Gasteiger partial charge in [-0.1, -0.05) is 6.07 Å². The molecule has 0 aromatic heterocycles. The minimum atomic E-state index is -1.03. The molecule has 2 N–H and O–H groups in total. The molecule has 1 fully saturated rings. The summed E-state index contributed by atoms with van der Waals surface area (Å²) in [6.45, 7) is 3.57. The van der Waals surface area contributed by atoms with Gasteiger partial charge in [-0.3, -0.25) is 9.69 Å². The number of aromatic carboxylic acids is 1. The molecule has 6 nitrogen and oxygen atoms in total. The number of hydrogen-bond acceptors (Lipinski definition) is 4. The van der Waals surface area contributed by atoms with E-state index in [4.69, 9.17) is 10.2 Å². The molecule has 21 heavy (non-hydrogen) atoms. The Hall–Kier alpha value is -1.92. The Balaban J connectivity index is 2.06. The molecule has 1 aliphatic rings. The number of amides is 1. The lowest BCUT2D eigenvalue weighted by Gasteiger charge is -2.21. The van der Waals surface area contributed by atoms with Crippen molar-refractivity contribution < 1.29 is 19.8 Å². The van der Waals surface area contributed by atoms with Gasteiger partial charge in [0.2, 0.25) is 0 Å². The second-order valence-corrected chi connectivity index (χ2v) is 5.10. The zero-order chi connectivity index (χ0) is 15.2. The maximum absolute atomic E-state index is 12.5. The van der Waals surface area contributed by atoms with Gasteiger partial charge in [0, 0.05) is 31.7 Å². The molecule has 1 aliphatic heterocycles. The van der Waals surface area contributed by atoms with Crippen molar-refractivity contribution in [3.8, 4) is 0 Å². The summed E-state index contributed by atoms with van der Waals surface area (Å²) in [5, 5.41) is 18.0. The van der Waals surface area contributed by atoms with Crippen LogP contribution in [0.2, 0.25) is 0 Å². The molecular formula is C15H20N2O4. The molecule has 0 aliphatic carbocycles. The summed E-state index contributed by atoms with van der Waals surface area (Å²) < 4.78 is 0. The van der Waals surface area contributed by atoms with Crippen LogP contribution in [0.3, 0.4) is 0 Å². The van der Waals surface area contributed by atoms with Crippen molar-refractivity contribution in [1.29, 1.82) is 0 Å². The number of aliphatic hydroxyl groups excluding tert-OH is 1. The van der Waals surface area contributed by atoms with Crippen molar-refractivity contribution >= 4 is 11.9 Å². The Bertz CT molecular complexity index is 518. The van der Waals surface area contributed by atoms with Gasteiger partial charge < -0.3 is 15.1 Å². The summed E-state index contributed by atoms with van der Waals surface area (Å²) in [5.41, 5.74) is 0.531. The molecule has 1 aromatic rings. The maximum Gasteiger partial charge on any atom is 0.335 e. The Morgan fingerprint density at radius 2 is 1.86 bits per heavy atom. The summed E-state index contributed by atoms with van der Waals surface area (Å²) in [6.07, 6.45) is 0.852. The van der Waals surface area contributed by atoms with Crippen LogP contribution in [0, 0.1) is 0 Å². The van der Waals surface area contributed by atoms with Gasteiger partial charge in [0.15, 0.2) is 0 Å². The van der Waals surface area contributed by atoms with Crippen molar-refractivity contribution in [2.75, 3.05) is 39.3 Å². The van der Waals surface area contributed by atoms with Crippen LogP contribution < -0.4 is 0 Å². The number of carbonyl (C=O) groups excluding carboxylic acids is 1. The second-order valence-electron chi connectivity index (χ2n) is 5.10. The van der Waals surface area contributed by atoms with Gasteiger partial charge in [0.25, 0.3) is 5.91 Å². The van der Waals surface area contributed by atoms with Gasteiger partial charge in [0.1, 0.15) is 0 Å². The standard InChI is InChI=1S/C15H20N2O4/c18-10-9-16-5-2-6-17(8-7-16)14(19)12-3-1-4-13(11-12)15(20)21/h1,3-4,11,18H,2,5-10H2,(H,20,21). The Labute approximate surface area is 123 Å². The summed E-state index contributed by atoms with van der Waals surface area (Å²) in [7, 11) is 0. The fourth-order valence-corrected chi connectivity index (χ4v) is 2.51. The zero-order valence-electron chi connectivity index (χ0n) is 11.9. The molecular weight excluding hydrogens is 272 g/mol. The maximum atomic E-state index is 12.5. The molecule has 0 atom stereocenters. The highest BCUT2D eigenvalue weighted by molar-refractivity contribution is 5.97. The smallest absolute Gasteiger partial charge is 0.335 e. The molecule has 0 radical (unpaired) electrons. The SMILES string of the molecule is O=C(O)c1cccc(C(=O)N2CCCN(CCO)CC2)c1. The number of carboxylic acid groups (broad SMARTS) is 1. The second kappa shape index (κ2) is 7.19.